The van der Waals surface area contributed by atoms with Crippen molar-refractivity contribution >= 4 is 26.6 Å². The van der Waals surface area contributed by atoms with E-state index < -0.39 is 86.9 Å². The Morgan fingerprint density at radius 2 is 1.28 bits per heavy atom. The van der Waals surface area contributed by atoms with Gasteiger partial charge in [0.1, 0.15) is 24.4 Å². The molecule has 1 saturated heterocycles. The third-order valence-electron chi connectivity index (χ3n) is 13.9. The average molecular weight is 1110 g/mol. The fourth-order valence-corrected chi connectivity index (χ4v) is 12.5. The van der Waals surface area contributed by atoms with Gasteiger partial charge < -0.3 is 75.4 Å². The summed E-state index contributed by atoms with van der Waals surface area (Å²) in [7, 11) is -3.09. The number of aliphatic carboxylic acids is 1. The normalized spacial score (nSPS) is 19.9. The fraction of sp³-hybridized carbons (Fsp3) is 0.825. The van der Waals surface area contributed by atoms with Crippen molar-refractivity contribution in [3.05, 3.63) is 42.8 Å². The molecule has 1 aromatic carbocycles. The molecule has 0 saturated carbocycles. The van der Waals surface area contributed by atoms with Gasteiger partial charge in [0.05, 0.1) is 18.8 Å². The summed E-state index contributed by atoms with van der Waals surface area (Å²) in [5, 5.41) is 48.8. The van der Waals surface area contributed by atoms with Crippen molar-refractivity contribution < 1.29 is 126 Å². The van der Waals surface area contributed by atoms with Crippen LogP contribution in [0.1, 0.15) is 201 Å². The van der Waals surface area contributed by atoms with Crippen molar-refractivity contribution in [3.8, 4) is 0 Å². The van der Waals surface area contributed by atoms with E-state index in [0.717, 1.165) is 31.2 Å². The summed E-state index contributed by atoms with van der Waals surface area (Å²) >= 11 is 0. The Morgan fingerprint density at radius 1 is 0.763 bits per heavy atom. The van der Waals surface area contributed by atoms with E-state index >= 15 is 0 Å². The Morgan fingerprint density at radius 3 is 1.75 bits per heavy atom. The van der Waals surface area contributed by atoms with Crippen LogP contribution in [-0.2, 0) is 46.6 Å². The van der Waals surface area contributed by atoms with Gasteiger partial charge in [0.2, 0.25) is 11.8 Å². The number of rotatable bonds is 46. The zero-order valence-electron chi connectivity index (χ0n) is 48.8. The maximum atomic E-state index is 14.1. The number of aliphatic hydroxyl groups excluding tert-OH is 3. The Hall–Kier alpha value is -0.553. The Bertz CT molecular complexity index is 1600. The number of hydrogen-bond acceptors (Lipinski definition) is 14. The number of nitrogens with one attached hydrogen (secondary N) is 1. The molecule has 0 aliphatic carbocycles. The van der Waals surface area contributed by atoms with Crippen LogP contribution in [0.25, 0.3) is 0 Å². The van der Waals surface area contributed by atoms with Gasteiger partial charge in [-0.15, -0.1) is 0 Å². The second-order valence-corrected chi connectivity index (χ2v) is 23.8. The maximum Gasteiger partial charge on any atom is 1.00 e. The van der Waals surface area contributed by atoms with Crippen LogP contribution in [0.15, 0.2) is 30.3 Å². The van der Waals surface area contributed by atoms with Gasteiger partial charge in [0, 0.05) is 51.0 Å². The molecule has 0 bridgehead atoms. The molecular weight excluding hydrogens is 1010 g/mol. The summed E-state index contributed by atoms with van der Waals surface area (Å²) in [6.07, 6.45) is 11.5. The number of primary amides is 1. The third kappa shape index (κ3) is 31.6. The zero-order chi connectivity index (χ0) is 54.8. The summed E-state index contributed by atoms with van der Waals surface area (Å²) < 4.78 is 42.5. The van der Waals surface area contributed by atoms with Crippen LogP contribution in [0.5, 0.6) is 0 Å². The number of aliphatic hydroxyl groups is 3. The summed E-state index contributed by atoms with van der Waals surface area (Å²) in [6, 6.07) is 10.0. The van der Waals surface area contributed by atoms with Crippen molar-refractivity contribution in [3.63, 3.8) is 0 Å². The summed E-state index contributed by atoms with van der Waals surface area (Å²) in [5.74, 6) is -5.02. The second kappa shape index (κ2) is 44.1. The number of carboxylic acid groups (broad SMARTS) is 1. The first kappa shape index (κ1) is 75.4. The first-order valence-electron chi connectivity index (χ1n) is 28.6. The van der Waals surface area contributed by atoms with Crippen LogP contribution in [0.4, 0.5) is 0 Å². The van der Waals surface area contributed by atoms with Crippen molar-refractivity contribution in [2.24, 2.45) is 17.6 Å². The molecule has 2 amide bonds. The van der Waals surface area contributed by atoms with E-state index in [1.165, 1.54) is 77.0 Å². The molecule has 2 rings (SSSR count). The number of carboxylic acids is 1. The van der Waals surface area contributed by atoms with Crippen LogP contribution in [-0.4, -0.2) is 130 Å². The Balaban J connectivity index is 0.0000281. The smallest absolute Gasteiger partial charge is 0.550 e. The minimum absolute atomic E-state index is 0. The largest absolute Gasteiger partial charge is 1.00 e. The summed E-state index contributed by atoms with van der Waals surface area (Å²) in [4.78, 5) is 40.4. The fourth-order valence-electron chi connectivity index (χ4n) is 9.78. The molecule has 16 nitrogen and oxygen atoms in total. The topological polar surface area (TPSA) is 238 Å². The molecule has 0 spiro atoms. The van der Waals surface area contributed by atoms with Crippen LogP contribution >= 0.6 is 0 Å². The van der Waals surface area contributed by atoms with Crippen LogP contribution in [0, 0.1) is 18.8 Å². The number of unbranched alkanes of at least 4 members (excludes halogenated alkanes) is 15. The molecular formula is C57H102N2Na2O14Si. The maximum absolute atomic E-state index is 14.1. The van der Waals surface area contributed by atoms with Gasteiger partial charge in [-0.2, -0.15) is 0 Å². The quantitative estimate of drug-likeness (QED) is 0.0358. The van der Waals surface area contributed by atoms with Crippen LogP contribution in [0.3, 0.4) is 0 Å². The first-order valence-corrected chi connectivity index (χ1v) is 30.5. The molecule has 0 aromatic heterocycles. The standard InChI is InChI=1S/C57H103N2O14Si.2Na/c1-9-13-14-15-16-17-18-19-20-21-22-23-24-25-26-30-37-68-56-51(62)52(50(61)48(73-56)35-38-67-43(5)42-60)72-49(53(58)63)41-46(54(64)59-57(6,7)8)33-34-47(55(65)66)40-45(44-31-28-27-29-32-44)36-39-74(69-10-2,70-11-3)71-12-4;;/h27-29,31-32,43,45-52,56,60-62H,6,9-26,30,33-42H2,1-5,7-8H3,(H2,58,63)(H,59,64)(H,65,66);;/q-1;2*+1/p-1. The molecule has 1 aromatic rings. The van der Waals surface area contributed by atoms with E-state index in [2.05, 4.69) is 19.2 Å². The number of hydrogen-bond donors (Lipinski definition) is 5. The Kier molecular flexibility index (Phi) is 43.8. The van der Waals surface area contributed by atoms with Gasteiger partial charge >= 0.3 is 67.9 Å². The van der Waals surface area contributed by atoms with E-state index in [1.807, 2.05) is 51.1 Å². The Labute approximate surface area is 504 Å². The van der Waals surface area contributed by atoms with E-state index in [-0.39, 0.29) is 117 Å². The van der Waals surface area contributed by atoms with Crippen molar-refractivity contribution in [2.75, 3.05) is 39.6 Å². The number of benzene rings is 1. The van der Waals surface area contributed by atoms with Crippen LogP contribution < -0.4 is 75.3 Å². The van der Waals surface area contributed by atoms with E-state index in [4.69, 9.17) is 38.0 Å². The molecule has 1 aliphatic heterocycles. The van der Waals surface area contributed by atoms with Crippen molar-refractivity contribution in [2.45, 2.75) is 250 Å². The number of ether oxygens (including phenoxy) is 4. The van der Waals surface area contributed by atoms with Crippen LogP contribution in [0.2, 0.25) is 6.04 Å². The molecule has 430 valence electrons. The van der Waals surface area contributed by atoms with Gasteiger partial charge in [0.25, 0.3) is 0 Å². The van der Waals surface area contributed by atoms with Gasteiger partial charge in [0.15, 0.2) is 6.29 Å². The van der Waals surface area contributed by atoms with E-state index in [1.54, 1.807) is 20.8 Å². The second-order valence-electron chi connectivity index (χ2n) is 21.1. The number of carbonyl (C=O) groups excluding carboxylic acids is 3. The van der Waals surface area contributed by atoms with Gasteiger partial charge in [-0.3, -0.25) is 9.59 Å². The molecule has 0 radical (unpaired) electrons. The zero-order valence-corrected chi connectivity index (χ0v) is 53.8. The van der Waals surface area contributed by atoms with Crippen molar-refractivity contribution in [1.29, 1.82) is 0 Å². The van der Waals surface area contributed by atoms with Crippen molar-refractivity contribution in [1.82, 2.24) is 5.32 Å². The predicted octanol–water partition coefficient (Wildman–Crippen LogP) is 2.24. The van der Waals surface area contributed by atoms with E-state index in [0.29, 0.717) is 32.3 Å². The molecule has 1 heterocycles. The monoisotopic (exact) mass is 1110 g/mol. The molecule has 10 atom stereocenters. The molecule has 76 heavy (non-hydrogen) atoms. The summed E-state index contributed by atoms with van der Waals surface area (Å²) in [6.45, 7) is 18.4. The average Bonchev–Trinajstić information content (AvgIpc) is 3.35. The van der Waals surface area contributed by atoms with Gasteiger partial charge in [-0.1, -0.05) is 153 Å². The number of nitrogens with two attached hydrogens (primary N) is 1. The van der Waals surface area contributed by atoms with Gasteiger partial charge in [-0.05, 0) is 90.0 Å². The SMILES string of the molecule is [CH2-]C(C)(C)NC(=O)C(CCC(CC(CC[Si](OCC)(OCC)OCC)c1ccccc1)C(=O)[O-])CC(OC1C(O)C(CCOC(C)CO)OC(OCCCCCCCCCCCCCCCCCC)C1O)C(N)=O.[Na+].[Na+]. The van der Waals surface area contributed by atoms with Gasteiger partial charge in [-0.25, -0.2) is 0 Å². The molecule has 19 heteroatoms. The number of carbonyl (C=O) groups is 3. The minimum Gasteiger partial charge on any atom is -0.550 e. The molecule has 6 N–H and O–H groups in total. The molecule has 1 aliphatic rings. The van der Waals surface area contributed by atoms with E-state index in [9.17, 15) is 34.8 Å². The first-order chi connectivity index (χ1) is 35.4. The predicted molar refractivity (Wildman–Crippen MR) is 288 cm³/mol. The molecule has 10 unspecified atom stereocenters. The third-order valence-corrected chi connectivity index (χ3v) is 17.0. The minimum atomic E-state index is -3.09. The summed E-state index contributed by atoms with van der Waals surface area (Å²) in [5.41, 5.74) is 5.97. The molecule has 1 fully saturated rings. The number of amides is 2.